The predicted octanol–water partition coefficient (Wildman–Crippen LogP) is 12.4. The summed E-state index contributed by atoms with van der Waals surface area (Å²) in [7, 11) is 0. The van der Waals surface area contributed by atoms with Crippen LogP contribution in [-0.4, -0.2) is 19.5 Å². The van der Waals surface area contributed by atoms with Gasteiger partial charge in [-0.1, -0.05) is 114 Å². The Morgan fingerprint density at radius 1 is 0.618 bits per heavy atom. The maximum Gasteiger partial charge on any atom is 0.169 e. The fourth-order valence-corrected chi connectivity index (χ4v) is 7.51. The number of furan rings is 1. The molecular formula is C49H32IrN4O-2. The predicted molar refractivity (Wildman–Crippen MR) is 221 cm³/mol. The summed E-state index contributed by atoms with van der Waals surface area (Å²) < 4.78 is 30.8. The molecule has 11 aromatic rings. The number of imidazole rings is 1. The van der Waals surface area contributed by atoms with Gasteiger partial charge in [-0.25, -0.2) is 4.98 Å². The molecule has 0 aliphatic rings. The summed E-state index contributed by atoms with van der Waals surface area (Å²) in [6.07, 6.45) is 1.39. The van der Waals surface area contributed by atoms with Gasteiger partial charge in [0.05, 0.1) is 16.9 Å². The molecule has 265 valence electrons. The molecule has 0 saturated carbocycles. The van der Waals surface area contributed by atoms with Gasteiger partial charge in [0.1, 0.15) is 5.58 Å². The Labute approximate surface area is 335 Å². The van der Waals surface area contributed by atoms with Gasteiger partial charge in [0.2, 0.25) is 0 Å². The summed E-state index contributed by atoms with van der Waals surface area (Å²) in [5.74, 6) is 0.758. The van der Waals surface area contributed by atoms with Gasteiger partial charge in [-0.3, -0.25) is 4.98 Å². The molecule has 55 heavy (non-hydrogen) atoms. The van der Waals surface area contributed by atoms with Gasteiger partial charge in [-0.05, 0) is 53.3 Å². The molecule has 0 aliphatic carbocycles. The van der Waals surface area contributed by atoms with Crippen LogP contribution in [0.15, 0.2) is 162 Å². The Balaban J connectivity index is 0.000000217. The number of para-hydroxylation sites is 1. The molecule has 11 rings (SSSR count). The molecule has 0 saturated heterocycles. The molecule has 0 aliphatic heterocycles. The number of hydrogen-bond acceptors (Lipinski definition) is 4. The zero-order chi connectivity index (χ0) is 38.7. The Morgan fingerprint density at radius 3 is 2.16 bits per heavy atom. The molecule has 4 aromatic heterocycles. The first-order chi connectivity index (χ1) is 27.8. The second-order valence-corrected chi connectivity index (χ2v) is 13.3. The van der Waals surface area contributed by atoms with Crippen molar-refractivity contribution in [3.8, 4) is 28.3 Å². The van der Waals surface area contributed by atoms with E-state index in [4.69, 9.17) is 18.5 Å². The second-order valence-electron chi connectivity index (χ2n) is 13.3. The Hall–Kier alpha value is -6.46. The van der Waals surface area contributed by atoms with Crippen LogP contribution in [0.5, 0.6) is 0 Å². The van der Waals surface area contributed by atoms with Gasteiger partial charge in [0.25, 0.3) is 0 Å². The van der Waals surface area contributed by atoms with Crippen LogP contribution in [0.25, 0.3) is 93.8 Å². The van der Waals surface area contributed by atoms with E-state index in [1.54, 1.807) is 18.2 Å². The number of fused-ring (bicyclic) bond motifs is 10. The largest absolute Gasteiger partial charge is 0.500 e. The number of hydrogen-bond donors (Lipinski definition) is 0. The fourth-order valence-electron chi connectivity index (χ4n) is 7.51. The number of rotatable bonds is 3. The third-order valence-electron chi connectivity index (χ3n) is 10.00. The van der Waals surface area contributed by atoms with E-state index in [2.05, 4.69) is 125 Å². The maximum atomic E-state index is 7.23. The average Bonchev–Trinajstić information content (AvgIpc) is 3.83. The van der Waals surface area contributed by atoms with Crippen LogP contribution < -0.4 is 0 Å². The fraction of sp³-hybridized carbons (Fsp3) is 0.0408. The molecular weight excluding hydrogens is 853 g/mol. The average molecular weight is 888 g/mol. The minimum Gasteiger partial charge on any atom is -0.500 e. The minimum absolute atomic E-state index is 0. The molecule has 0 amide bonds. The molecule has 0 spiro atoms. The summed E-state index contributed by atoms with van der Waals surface area (Å²) in [5, 5.41) is 9.03. The SMILES string of the molecule is Cc1nc2nc(-c3[c-]ccc4c3oc3c4ccc4ccc5ccccc5c43)n(-c3ccccc3)c2c2ccccc12.[2H]C([2H])([2H])c1ccc(-c2[c-]cccc2)nc1.[Ir]. The monoisotopic (exact) mass is 888 g/mol. The van der Waals surface area contributed by atoms with Gasteiger partial charge in [-0.2, -0.15) is 0 Å². The minimum atomic E-state index is -2.09. The number of nitrogens with zero attached hydrogens (tertiary/aromatic N) is 4. The van der Waals surface area contributed by atoms with Crippen LogP contribution in [0.1, 0.15) is 15.4 Å². The Kier molecular flexibility index (Phi) is 7.92. The number of aryl methyl sites for hydroxylation is 2. The van der Waals surface area contributed by atoms with Gasteiger partial charge in [-0.15, -0.1) is 54.1 Å². The van der Waals surface area contributed by atoms with E-state index in [1.807, 2.05) is 37.3 Å². The Morgan fingerprint density at radius 2 is 1.36 bits per heavy atom. The molecule has 6 heteroatoms. The van der Waals surface area contributed by atoms with Crippen LogP contribution in [0, 0.1) is 25.9 Å². The number of aromatic nitrogens is 4. The molecule has 7 aromatic carbocycles. The van der Waals surface area contributed by atoms with E-state index in [-0.39, 0.29) is 25.7 Å². The first kappa shape index (κ1) is 30.9. The van der Waals surface area contributed by atoms with Crippen LogP contribution in [0.4, 0.5) is 0 Å². The summed E-state index contributed by atoms with van der Waals surface area (Å²) in [6, 6.07) is 57.3. The van der Waals surface area contributed by atoms with Crippen molar-refractivity contribution in [3.05, 3.63) is 181 Å². The third-order valence-corrected chi connectivity index (χ3v) is 10.00. The van der Waals surface area contributed by atoms with Gasteiger partial charge >= 0.3 is 0 Å². The van der Waals surface area contributed by atoms with Crippen molar-refractivity contribution in [3.63, 3.8) is 0 Å². The quantitative estimate of drug-likeness (QED) is 0.131. The van der Waals surface area contributed by atoms with Crippen molar-refractivity contribution >= 4 is 65.4 Å². The first-order valence-electron chi connectivity index (χ1n) is 19.3. The zero-order valence-corrected chi connectivity index (χ0v) is 31.9. The van der Waals surface area contributed by atoms with Crippen molar-refractivity contribution in [2.24, 2.45) is 0 Å². The van der Waals surface area contributed by atoms with Crippen molar-refractivity contribution in [2.45, 2.75) is 13.8 Å². The molecule has 4 heterocycles. The van der Waals surface area contributed by atoms with Crippen molar-refractivity contribution in [1.29, 1.82) is 0 Å². The van der Waals surface area contributed by atoms with Gasteiger partial charge < -0.3 is 14.0 Å². The van der Waals surface area contributed by atoms with Crippen molar-refractivity contribution < 1.29 is 28.6 Å². The molecule has 0 atom stereocenters. The van der Waals surface area contributed by atoms with Crippen LogP contribution in [0.3, 0.4) is 0 Å². The smallest absolute Gasteiger partial charge is 0.169 e. The second kappa shape index (κ2) is 14.1. The van der Waals surface area contributed by atoms with Crippen LogP contribution in [-0.2, 0) is 20.1 Å². The van der Waals surface area contributed by atoms with Gasteiger partial charge in [0, 0.05) is 63.3 Å². The summed E-state index contributed by atoms with van der Waals surface area (Å²) in [4.78, 5) is 14.2. The van der Waals surface area contributed by atoms with E-state index < -0.39 is 6.85 Å². The molecule has 0 unspecified atom stereocenters. The number of benzene rings is 7. The third kappa shape index (κ3) is 5.88. The number of pyridine rings is 2. The Bertz CT molecular complexity index is 3290. The van der Waals surface area contributed by atoms with E-state index in [9.17, 15) is 0 Å². The van der Waals surface area contributed by atoms with E-state index in [1.165, 1.54) is 17.0 Å². The topological polar surface area (TPSA) is 56.7 Å². The van der Waals surface area contributed by atoms with E-state index in [0.717, 1.165) is 83.0 Å². The van der Waals surface area contributed by atoms with E-state index in [0.29, 0.717) is 5.65 Å². The molecule has 0 N–H and O–H groups in total. The molecule has 0 fully saturated rings. The standard InChI is InChI=1S/C37H22N3O.C12H10N.Ir/c1-22-26-13-7-8-15-28(26)33-36(38-22)39-37(40(33)25-11-3-2-4-12-25)31-17-9-16-29-30-21-20-24-19-18-23-10-5-6-14-27(23)32(24)35(30)41-34(29)31;1-10-7-8-12(13-9-10)11-5-3-2-4-6-11;/h2-16,18-21H,1H3;2-5,7-9H,1H3;/q2*-1;/i;1D3;. The summed E-state index contributed by atoms with van der Waals surface area (Å²) in [5.41, 5.74) is 7.98. The summed E-state index contributed by atoms with van der Waals surface area (Å²) in [6.45, 7) is -0.0452. The maximum absolute atomic E-state index is 7.23. The van der Waals surface area contributed by atoms with Crippen LogP contribution >= 0.6 is 0 Å². The van der Waals surface area contributed by atoms with Crippen molar-refractivity contribution in [2.75, 3.05) is 0 Å². The zero-order valence-electron chi connectivity index (χ0n) is 32.5. The molecule has 0 bridgehead atoms. The molecule has 1 radical (unpaired) electrons. The first-order valence-corrected chi connectivity index (χ1v) is 17.8. The van der Waals surface area contributed by atoms with E-state index >= 15 is 0 Å². The molecule has 5 nitrogen and oxygen atoms in total. The normalized spacial score (nSPS) is 12.3. The van der Waals surface area contributed by atoms with Gasteiger partial charge in [0.15, 0.2) is 5.65 Å². The summed E-state index contributed by atoms with van der Waals surface area (Å²) >= 11 is 0. The van der Waals surface area contributed by atoms with Crippen LogP contribution in [0.2, 0.25) is 0 Å². The van der Waals surface area contributed by atoms with Crippen molar-refractivity contribution in [1.82, 2.24) is 19.5 Å².